The lowest BCUT2D eigenvalue weighted by Crippen LogP contribution is -2.60. The van der Waals surface area contributed by atoms with Crippen molar-refractivity contribution in [2.45, 2.75) is 31.4 Å². The first-order chi connectivity index (χ1) is 8.56. The number of likely N-dealkylation sites (N-methyl/N-ethyl adjacent to an activating group) is 1. The Morgan fingerprint density at radius 3 is 2.78 bits per heavy atom. The van der Waals surface area contributed by atoms with Gasteiger partial charge >= 0.3 is 0 Å². The minimum absolute atomic E-state index is 0.0612. The minimum Gasteiger partial charge on any atom is -0.363 e. The lowest BCUT2D eigenvalue weighted by molar-refractivity contribution is -0.149. The van der Waals surface area contributed by atoms with Crippen LogP contribution in [0, 0.1) is 0 Å². The number of rotatable bonds is 4. The number of amides is 2. The monoisotopic (exact) mass is 255 g/mol. The third-order valence-corrected chi connectivity index (χ3v) is 3.66. The van der Waals surface area contributed by atoms with Crippen molar-refractivity contribution in [3.63, 3.8) is 0 Å². The van der Waals surface area contributed by atoms with Crippen LogP contribution in [0.3, 0.4) is 0 Å². The molecule has 2 fully saturated rings. The number of carbonyl (C=O) groups excluding carboxylic acids is 2. The summed E-state index contributed by atoms with van der Waals surface area (Å²) in [4.78, 5) is 25.3. The second-order valence-corrected chi connectivity index (χ2v) is 5.20. The van der Waals surface area contributed by atoms with Crippen molar-refractivity contribution in [3.05, 3.63) is 0 Å². The van der Waals surface area contributed by atoms with Crippen molar-refractivity contribution in [2.24, 2.45) is 0 Å². The summed E-state index contributed by atoms with van der Waals surface area (Å²) in [5, 5.41) is 5.72. The number of ether oxygens (including phenoxy) is 1. The molecule has 0 spiro atoms. The maximum atomic E-state index is 12.1. The van der Waals surface area contributed by atoms with E-state index in [1.165, 1.54) is 0 Å². The largest absolute Gasteiger partial charge is 0.363 e. The number of carbonyl (C=O) groups is 2. The summed E-state index contributed by atoms with van der Waals surface area (Å²) in [6.45, 7) is 4.25. The first-order valence-electron chi connectivity index (χ1n) is 6.41. The highest BCUT2D eigenvalue weighted by Gasteiger charge is 2.36. The summed E-state index contributed by atoms with van der Waals surface area (Å²) in [5.41, 5.74) is -0.224. The highest BCUT2D eigenvalue weighted by Crippen LogP contribution is 2.19. The standard InChI is InChI=1S/C12H21N3O3/c1-12(7-14-8-12)18-6-10(16)15-5-3-4-9(15)11(17)13-2/h9,14H,3-8H2,1-2H3,(H,13,17). The second-order valence-electron chi connectivity index (χ2n) is 5.20. The lowest BCUT2D eigenvalue weighted by Gasteiger charge is -2.39. The van der Waals surface area contributed by atoms with E-state index in [2.05, 4.69) is 10.6 Å². The molecule has 0 aromatic carbocycles. The highest BCUT2D eigenvalue weighted by molar-refractivity contribution is 5.88. The van der Waals surface area contributed by atoms with E-state index in [4.69, 9.17) is 4.74 Å². The van der Waals surface area contributed by atoms with Crippen LogP contribution in [0.2, 0.25) is 0 Å². The van der Waals surface area contributed by atoms with Gasteiger partial charge in [0.05, 0.1) is 5.60 Å². The van der Waals surface area contributed by atoms with Crippen molar-refractivity contribution in [2.75, 3.05) is 33.3 Å². The summed E-state index contributed by atoms with van der Waals surface area (Å²) in [6.07, 6.45) is 1.62. The molecule has 2 amide bonds. The van der Waals surface area contributed by atoms with Crippen molar-refractivity contribution in [1.82, 2.24) is 15.5 Å². The van der Waals surface area contributed by atoms with Crippen LogP contribution in [0.5, 0.6) is 0 Å². The molecule has 0 aromatic rings. The number of nitrogens with one attached hydrogen (secondary N) is 2. The molecule has 2 heterocycles. The predicted molar refractivity (Wildman–Crippen MR) is 66.0 cm³/mol. The van der Waals surface area contributed by atoms with Crippen LogP contribution in [-0.2, 0) is 14.3 Å². The fraction of sp³-hybridized carbons (Fsp3) is 0.833. The van der Waals surface area contributed by atoms with E-state index >= 15 is 0 Å². The molecule has 0 bridgehead atoms. The molecule has 2 saturated heterocycles. The SMILES string of the molecule is CNC(=O)C1CCCN1C(=O)COC1(C)CNC1. The summed E-state index contributed by atoms with van der Waals surface area (Å²) in [7, 11) is 1.60. The molecular weight excluding hydrogens is 234 g/mol. The van der Waals surface area contributed by atoms with Gasteiger partial charge in [-0.1, -0.05) is 0 Å². The minimum atomic E-state index is -0.321. The Morgan fingerprint density at radius 2 is 2.22 bits per heavy atom. The molecule has 0 saturated carbocycles. The van der Waals surface area contributed by atoms with Gasteiger partial charge in [-0.3, -0.25) is 9.59 Å². The van der Waals surface area contributed by atoms with Gasteiger partial charge in [0.1, 0.15) is 12.6 Å². The second kappa shape index (κ2) is 5.24. The van der Waals surface area contributed by atoms with Crippen LogP contribution < -0.4 is 10.6 Å². The maximum absolute atomic E-state index is 12.1. The Hall–Kier alpha value is -1.14. The van der Waals surface area contributed by atoms with Gasteiger partial charge in [-0.25, -0.2) is 0 Å². The molecule has 102 valence electrons. The smallest absolute Gasteiger partial charge is 0.249 e. The Morgan fingerprint density at radius 1 is 1.50 bits per heavy atom. The summed E-state index contributed by atoms with van der Waals surface area (Å²) in [5.74, 6) is -0.174. The molecule has 1 atom stereocenters. The molecule has 18 heavy (non-hydrogen) atoms. The fourth-order valence-electron chi connectivity index (χ4n) is 2.40. The van der Waals surface area contributed by atoms with Gasteiger partial charge in [0, 0.05) is 26.7 Å². The molecule has 6 heteroatoms. The fourth-order valence-corrected chi connectivity index (χ4v) is 2.40. The van der Waals surface area contributed by atoms with E-state index in [0.717, 1.165) is 25.9 Å². The molecule has 2 N–H and O–H groups in total. The quantitative estimate of drug-likeness (QED) is 0.683. The number of hydrogen-bond donors (Lipinski definition) is 2. The number of hydrogen-bond acceptors (Lipinski definition) is 4. The normalized spacial score (nSPS) is 25.7. The molecule has 6 nitrogen and oxygen atoms in total. The Balaban J connectivity index is 1.85. The van der Waals surface area contributed by atoms with E-state index in [1.54, 1.807) is 11.9 Å². The maximum Gasteiger partial charge on any atom is 0.249 e. The Bertz CT molecular complexity index is 341. The molecule has 0 radical (unpaired) electrons. The van der Waals surface area contributed by atoms with Crippen molar-refractivity contribution < 1.29 is 14.3 Å². The first kappa shape index (κ1) is 13.3. The lowest BCUT2D eigenvalue weighted by atomic mass is 10.0. The zero-order valence-electron chi connectivity index (χ0n) is 11.0. The molecule has 2 aliphatic heterocycles. The third kappa shape index (κ3) is 2.64. The zero-order chi connectivity index (χ0) is 13.2. The van der Waals surface area contributed by atoms with Crippen LogP contribution in [0.15, 0.2) is 0 Å². The average molecular weight is 255 g/mol. The topological polar surface area (TPSA) is 70.7 Å². The zero-order valence-corrected chi connectivity index (χ0v) is 11.0. The van der Waals surface area contributed by atoms with Crippen LogP contribution in [0.1, 0.15) is 19.8 Å². The van der Waals surface area contributed by atoms with Crippen LogP contribution in [0.25, 0.3) is 0 Å². The van der Waals surface area contributed by atoms with Gasteiger partial charge < -0.3 is 20.3 Å². The Labute approximate surface area is 107 Å². The van der Waals surface area contributed by atoms with Crippen molar-refractivity contribution in [1.29, 1.82) is 0 Å². The molecule has 2 rings (SSSR count). The van der Waals surface area contributed by atoms with Gasteiger partial charge in [-0.15, -0.1) is 0 Å². The first-order valence-corrected chi connectivity index (χ1v) is 6.41. The molecule has 1 unspecified atom stereocenters. The van der Waals surface area contributed by atoms with Crippen LogP contribution >= 0.6 is 0 Å². The van der Waals surface area contributed by atoms with Crippen LogP contribution in [-0.4, -0.2) is 61.6 Å². The number of likely N-dealkylation sites (tertiary alicyclic amines) is 1. The van der Waals surface area contributed by atoms with E-state index in [0.29, 0.717) is 6.54 Å². The van der Waals surface area contributed by atoms with E-state index < -0.39 is 0 Å². The van der Waals surface area contributed by atoms with Gasteiger partial charge in [-0.05, 0) is 19.8 Å². The molecule has 0 aliphatic carbocycles. The summed E-state index contributed by atoms with van der Waals surface area (Å²) in [6, 6.07) is -0.321. The van der Waals surface area contributed by atoms with Gasteiger partial charge in [0.25, 0.3) is 0 Å². The molecule has 0 aromatic heterocycles. The van der Waals surface area contributed by atoms with E-state index in [-0.39, 0.29) is 30.1 Å². The van der Waals surface area contributed by atoms with Gasteiger partial charge in [-0.2, -0.15) is 0 Å². The average Bonchev–Trinajstić information content (AvgIpc) is 2.81. The third-order valence-electron chi connectivity index (χ3n) is 3.66. The van der Waals surface area contributed by atoms with Crippen molar-refractivity contribution in [3.8, 4) is 0 Å². The van der Waals surface area contributed by atoms with Gasteiger partial charge in [0.2, 0.25) is 11.8 Å². The van der Waals surface area contributed by atoms with Gasteiger partial charge in [0.15, 0.2) is 0 Å². The van der Waals surface area contributed by atoms with E-state index in [1.807, 2.05) is 6.92 Å². The highest BCUT2D eigenvalue weighted by atomic mass is 16.5. The van der Waals surface area contributed by atoms with E-state index in [9.17, 15) is 9.59 Å². The Kier molecular flexibility index (Phi) is 3.87. The van der Waals surface area contributed by atoms with Crippen molar-refractivity contribution >= 4 is 11.8 Å². The summed E-state index contributed by atoms with van der Waals surface area (Å²) < 4.78 is 5.62. The predicted octanol–water partition coefficient (Wildman–Crippen LogP) is -0.898. The molecule has 2 aliphatic rings. The molecular formula is C12H21N3O3. The number of nitrogens with zero attached hydrogens (tertiary/aromatic N) is 1. The van der Waals surface area contributed by atoms with Crippen LogP contribution in [0.4, 0.5) is 0 Å². The summed E-state index contributed by atoms with van der Waals surface area (Å²) >= 11 is 0.